The fourth-order valence-electron chi connectivity index (χ4n) is 3.95. The Kier molecular flexibility index (Phi) is 5.66. The second-order valence-corrected chi connectivity index (χ2v) is 8.29. The van der Waals surface area contributed by atoms with Crippen LogP contribution in [0.4, 0.5) is 35.2 Å². The minimum atomic E-state index is -1.58. The Bertz CT molecular complexity index is 1070. The first kappa shape index (κ1) is 21.8. The first-order chi connectivity index (χ1) is 15.1. The van der Waals surface area contributed by atoms with Crippen molar-refractivity contribution in [2.24, 2.45) is 5.92 Å². The van der Waals surface area contributed by atoms with Gasteiger partial charge in [0.2, 0.25) is 5.91 Å². The summed E-state index contributed by atoms with van der Waals surface area (Å²) in [5.41, 5.74) is 1.15. The molecule has 2 aromatic rings. The molecule has 1 atom stereocenters. The molecular weight excluding hydrogens is 425 g/mol. The summed E-state index contributed by atoms with van der Waals surface area (Å²) in [7, 11) is 1.82. The molecule has 1 fully saturated rings. The van der Waals surface area contributed by atoms with E-state index in [0.717, 1.165) is 12.1 Å². The summed E-state index contributed by atoms with van der Waals surface area (Å²) >= 11 is 0. The van der Waals surface area contributed by atoms with Gasteiger partial charge in [0.25, 0.3) is 0 Å². The normalized spacial score (nSPS) is 22.0. The van der Waals surface area contributed by atoms with Gasteiger partial charge in [-0.05, 0) is 32.6 Å². The molecule has 1 saturated carbocycles. The molecule has 3 amide bonds. The van der Waals surface area contributed by atoms with Gasteiger partial charge in [0, 0.05) is 37.3 Å². The van der Waals surface area contributed by atoms with Gasteiger partial charge in [-0.1, -0.05) is 0 Å². The fraction of sp³-hybridized carbons (Fsp3) is 0.429. The third kappa shape index (κ3) is 4.19. The van der Waals surface area contributed by atoms with Crippen LogP contribution in [0.3, 0.4) is 0 Å². The number of aryl methyl sites for hydroxylation is 1. The average Bonchev–Trinajstić information content (AvgIpc) is 2.69. The topological polar surface area (TPSA) is 99.2 Å². The minimum Gasteiger partial charge on any atom is -0.346 e. The number of halogens is 3. The first-order valence-electron chi connectivity index (χ1n) is 10.3. The molecule has 0 bridgehead atoms. The summed E-state index contributed by atoms with van der Waals surface area (Å²) in [5, 5.41) is 7.88. The zero-order chi connectivity index (χ0) is 23.2. The predicted molar refractivity (Wildman–Crippen MR) is 112 cm³/mol. The summed E-state index contributed by atoms with van der Waals surface area (Å²) < 4.78 is 39.5. The van der Waals surface area contributed by atoms with Crippen LogP contribution in [-0.2, 0) is 11.2 Å². The molecule has 1 aliphatic carbocycles. The second-order valence-electron chi connectivity index (χ2n) is 8.29. The van der Waals surface area contributed by atoms with Crippen LogP contribution in [-0.4, -0.2) is 41.0 Å². The van der Waals surface area contributed by atoms with Gasteiger partial charge < -0.3 is 20.9 Å². The maximum Gasteiger partial charge on any atom is 0.319 e. The van der Waals surface area contributed by atoms with Gasteiger partial charge in [0.1, 0.15) is 17.6 Å². The van der Waals surface area contributed by atoms with Crippen molar-refractivity contribution in [3.8, 4) is 0 Å². The Morgan fingerprint density at radius 1 is 1.22 bits per heavy atom. The molecule has 4 rings (SSSR count). The molecule has 8 nitrogen and oxygen atoms in total. The van der Waals surface area contributed by atoms with Gasteiger partial charge in [0.15, 0.2) is 23.3 Å². The van der Waals surface area contributed by atoms with Gasteiger partial charge in [0.05, 0.1) is 5.69 Å². The smallest absolute Gasteiger partial charge is 0.319 e. The molecule has 0 spiro atoms. The lowest BCUT2D eigenvalue weighted by Gasteiger charge is -2.36. The van der Waals surface area contributed by atoms with E-state index >= 15 is 0 Å². The highest BCUT2D eigenvalue weighted by Crippen LogP contribution is 2.34. The van der Waals surface area contributed by atoms with Gasteiger partial charge >= 0.3 is 6.03 Å². The number of rotatable bonds is 4. The number of nitrogens with zero attached hydrogens (tertiary/aromatic N) is 3. The van der Waals surface area contributed by atoms with Crippen LogP contribution in [0.15, 0.2) is 12.1 Å². The van der Waals surface area contributed by atoms with Gasteiger partial charge in [-0.25, -0.2) is 27.9 Å². The average molecular weight is 448 g/mol. The standard InChI is InChI=1S/C21H23F3N6O2/c1-9-18-19(30(3)10(2)20(31)29-18)28-16(25-9)6-11-4-12(5-11)26-21(32)27-13-7-14(22)17(24)15(23)8-13/h7-8,10-12H,4-6H2,1-3H3,(H,29,31)(H2,26,27,32)/t10-,11?,12?/m0/s1. The number of benzene rings is 1. The van der Waals surface area contributed by atoms with Crippen LogP contribution in [0.25, 0.3) is 0 Å². The van der Waals surface area contributed by atoms with E-state index in [1.807, 2.05) is 18.9 Å². The molecule has 32 heavy (non-hydrogen) atoms. The van der Waals surface area contributed by atoms with Crippen LogP contribution in [0.1, 0.15) is 31.3 Å². The Morgan fingerprint density at radius 3 is 2.53 bits per heavy atom. The Morgan fingerprint density at radius 2 is 1.88 bits per heavy atom. The fourth-order valence-corrected chi connectivity index (χ4v) is 3.95. The van der Waals surface area contributed by atoms with Crippen molar-refractivity contribution in [3.63, 3.8) is 0 Å². The number of carbonyl (C=O) groups is 2. The summed E-state index contributed by atoms with van der Waals surface area (Å²) in [6, 6.07) is 0.389. The van der Waals surface area contributed by atoms with Gasteiger partial charge in [-0.2, -0.15) is 0 Å². The van der Waals surface area contributed by atoms with Crippen molar-refractivity contribution in [3.05, 3.63) is 41.1 Å². The summed E-state index contributed by atoms with van der Waals surface area (Å²) in [4.78, 5) is 35.0. The molecule has 11 heteroatoms. The van der Waals surface area contributed by atoms with Crippen LogP contribution in [0.5, 0.6) is 0 Å². The second kappa shape index (κ2) is 8.29. The number of nitrogens with one attached hydrogen (secondary N) is 3. The molecular formula is C21H23F3N6O2. The molecule has 0 unspecified atom stereocenters. The first-order valence-corrected chi connectivity index (χ1v) is 10.3. The van der Waals surface area contributed by atoms with Crippen LogP contribution in [0.2, 0.25) is 0 Å². The lowest BCUT2D eigenvalue weighted by atomic mass is 9.78. The van der Waals surface area contributed by atoms with E-state index in [-0.39, 0.29) is 29.6 Å². The summed E-state index contributed by atoms with van der Waals surface area (Å²) in [6.45, 7) is 3.63. The third-order valence-electron chi connectivity index (χ3n) is 5.94. The largest absolute Gasteiger partial charge is 0.346 e. The molecule has 1 aromatic carbocycles. The van der Waals surface area contributed by atoms with Crippen molar-refractivity contribution in [2.45, 2.75) is 45.2 Å². The number of hydrogen-bond donors (Lipinski definition) is 3. The van der Waals surface area contributed by atoms with Crippen LogP contribution < -0.4 is 20.9 Å². The number of anilines is 3. The summed E-state index contributed by atoms with van der Waals surface area (Å²) in [5.74, 6) is -2.81. The van der Waals surface area contributed by atoms with E-state index in [2.05, 4.69) is 25.9 Å². The highest BCUT2D eigenvalue weighted by molar-refractivity contribution is 6.02. The maximum absolute atomic E-state index is 13.3. The lowest BCUT2D eigenvalue weighted by molar-refractivity contribution is -0.117. The number of aromatic nitrogens is 2. The number of amides is 3. The van der Waals surface area contributed by atoms with Crippen molar-refractivity contribution in [1.82, 2.24) is 15.3 Å². The number of fused-ring (bicyclic) bond motifs is 1. The van der Waals surface area contributed by atoms with Crippen LogP contribution >= 0.6 is 0 Å². The van der Waals surface area contributed by atoms with Gasteiger partial charge in [-0.15, -0.1) is 0 Å². The van der Waals surface area contributed by atoms with Gasteiger partial charge in [-0.3, -0.25) is 4.79 Å². The molecule has 170 valence electrons. The third-order valence-corrected chi connectivity index (χ3v) is 5.94. The van der Waals surface area contributed by atoms with Crippen molar-refractivity contribution < 1.29 is 22.8 Å². The Balaban J connectivity index is 1.32. The van der Waals surface area contributed by atoms with E-state index in [0.29, 0.717) is 42.3 Å². The Labute approximate surface area is 182 Å². The predicted octanol–water partition coefficient (Wildman–Crippen LogP) is 3.12. The van der Waals surface area contributed by atoms with Crippen molar-refractivity contribution in [2.75, 3.05) is 22.6 Å². The highest BCUT2D eigenvalue weighted by Gasteiger charge is 2.33. The van der Waals surface area contributed by atoms with E-state index in [1.165, 1.54) is 0 Å². The maximum atomic E-state index is 13.3. The number of likely N-dealkylation sites (N-methyl/N-ethyl adjacent to an activating group) is 1. The highest BCUT2D eigenvalue weighted by atomic mass is 19.2. The lowest BCUT2D eigenvalue weighted by Crippen LogP contribution is -2.47. The summed E-state index contributed by atoms with van der Waals surface area (Å²) in [6.07, 6.45) is 2.02. The number of hydrogen-bond acceptors (Lipinski definition) is 5. The Hall–Kier alpha value is -3.37. The van der Waals surface area contributed by atoms with E-state index in [1.54, 1.807) is 6.92 Å². The quantitative estimate of drug-likeness (QED) is 0.625. The van der Waals surface area contributed by atoms with E-state index < -0.39 is 23.5 Å². The molecule has 0 saturated heterocycles. The molecule has 1 aliphatic heterocycles. The molecule has 2 aliphatic rings. The van der Waals surface area contributed by atoms with E-state index in [4.69, 9.17) is 0 Å². The van der Waals surface area contributed by atoms with Crippen molar-refractivity contribution in [1.29, 1.82) is 0 Å². The number of urea groups is 1. The van der Waals surface area contributed by atoms with E-state index in [9.17, 15) is 22.8 Å². The van der Waals surface area contributed by atoms with Crippen molar-refractivity contribution >= 4 is 29.1 Å². The number of carbonyl (C=O) groups excluding carboxylic acids is 2. The molecule has 2 heterocycles. The van der Waals surface area contributed by atoms with Crippen LogP contribution in [0, 0.1) is 30.3 Å². The zero-order valence-corrected chi connectivity index (χ0v) is 17.8. The molecule has 1 aromatic heterocycles. The molecule has 3 N–H and O–H groups in total. The molecule has 0 radical (unpaired) electrons. The SMILES string of the molecule is Cc1nc(CC2CC(NC(=O)Nc3cc(F)c(F)c(F)c3)C2)nc2c1NC(=O)[C@H](C)N2C. The monoisotopic (exact) mass is 448 g/mol. The zero-order valence-electron chi connectivity index (χ0n) is 17.8. The minimum absolute atomic E-state index is 0.100.